The lowest BCUT2D eigenvalue weighted by atomic mass is 10.0. The zero-order valence-corrected chi connectivity index (χ0v) is 16.1. The standard InChI is InChI=1S/C21H22ClN3O3/c22-17-3-2-15(20-16(17)12-24-21(20)27)19-10-14-9-13(1-4-18(14)25-19)11-23-5-7-28-8-6-26/h1-4,9-10,23,25-26H,5-8,11-12H2,(H,24,27). The second-order valence-corrected chi connectivity index (χ2v) is 7.16. The molecule has 2 aromatic carbocycles. The fourth-order valence-corrected chi connectivity index (χ4v) is 3.74. The monoisotopic (exact) mass is 399 g/mol. The second-order valence-electron chi connectivity index (χ2n) is 6.75. The van der Waals surface area contributed by atoms with Gasteiger partial charge in [0.1, 0.15) is 0 Å². The first kappa shape index (κ1) is 19.0. The number of halogens is 1. The molecule has 2 heterocycles. The lowest BCUT2D eigenvalue weighted by Crippen LogP contribution is -2.19. The molecule has 0 spiro atoms. The Labute approximate surface area is 167 Å². The fourth-order valence-electron chi connectivity index (χ4n) is 3.52. The molecule has 0 atom stereocenters. The molecule has 0 saturated heterocycles. The Kier molecular flexibility index (Phi) is 5.64. The van der Waals surface area contributed by atoms with E-state index in [9.17, 15) is 4.79 Å². The van der Waals surface area contributed by atoms with Crippen molar-refractivity contribution in [3.63, 3.8) is 0 Å². The van der Waals surface area contributed by atoms with Crippen LogP contribution >= 0.6 is 11.6 Å². The lowest BCUT2D eigenvalue weighted by molar-refractivity contribution is 0.0938. The van der Waals surface area contributed by atoms with Crippen LogP contribution in [0.5, 0.6) is 0 Å². The fraction of sp³-hybridized carbons (Fsp3) is 0.286. The van der Waals surface area contributed by atoms with E-state index in [-0.39, 0.29) is 12.5 Å². The summed E-state index contributed by atoms with van der Waals surface area (Å²) in [6.45, 7) is 2.91. The number of aromatic nitrogens is 1. The van der Waals surface area contributed by atoms with Gasteiger partial charge in [-0.2, -0.15) is 0 Å². The molecule has 0 fully saturated rings. The van der Waals surface area contributed by atoms with Gasteiger partial charge in [-0.3, -0.25) is 4.79 Å². The third kappa shape index (κ3) is 3.77. The number of carbonyl (C=O) groups is 1. The summed E-state index contributed by atoms with van der Waals surface area (Å²) in [6.07, 6.45) is 0. The minimum Gasteiger partial charge on any atom is -0.394 e. The van der Waals surface area contributed by atoms with Gasteiger partial charge in [-0.05, 0) is 29.8 Å². The predicted octanol–water partition coefficient (Wildman–Crippen LogP) is 2.83. The minimum atomic E-state index is -0.0838. The number of aliphatic hydroxyl groups excluding tert-OH is 1. The first-order valence-corrected chi connectivity index (χ1v) is 9.66. The number of rotatable bonds is 8. The summed E-state index contributed by atoms with van der Waals surface area (Å²) in [4.78, 5) is 15.7. The average Bonchev–Trinajstić information content (AvgIpc) is 3.29. The Hall–Kier alpha value is -2.38. The SMILES string of the molecule is O=C1NCc2c(Cl)ccc(-c3cc4cc(CNCCOCCO)ccc4[nH]3)c21. The van der Waals surface area contributed by atoms with Crippen molar-refractivity contribution in [1.82, 2.24) is 15.6 Å². The Morgan fingerprint density at radius 2 is 2.07 bits per heavy atom. The quantitative estimate of drug-likeness (QED) is 0.439. The molecule has 146 valence electrons. The van der Waals surface area contributed by atoms with Crippen LogP contribution in [0.2, 0.25) is 5.02 Å². The molecule has 4 rings (SSSR count). The number of aliphatic hydroxyl groups is 1. The van der Waals surface area contributed by atoms with Crippen LogP contribution in [0, 0.1) is 0 Å². The lowest BCUT2D eigenvalue weighted by Gasteiger charge is -2.06. The third-order valence-electron chi connectivity index (χ3n) is 4.87. The highest BCUT2D eigenvalue weighted by molar-refractivity contribution is 6.32. The van der Waals surface area contributed by atoms with Crippen molar-refractivity contribution < 1.29 is 14.6 Å². The number of hydrogen-bond donors (Lipinski definition) is 4. The molecule has 6 nitrogen and oxygen atoms in total. The molecule has 3 aromatic rings. The molecule has 0 saturated carbocycles. The van der Waals surface area contributed by atoms with E-state index in [1.165, 1.54) is 5.56 Å². The van der Waals surface area contributed by atoms with Gasteiger partial charge in [0.15, 0.2) is 0 Å². The number of carbonyl (C=O) groups excluding carboxylic acids is 1. The maximum atomic E-state index is 12.3. The Balaban J connectivity index is 1.53. The highest BCUT2D eigenvalue weighted by Crippen LogP contribution is 2.34. The van der Waals surface area contributed by atoms with Crippen LogP contribution in [0.1, 0.15) is 21.5 Å². The van der Waals surface area contributed by atoms with E-state index in [1.807, 2.05) is 18.2 Å². The van der Waals surface area contributed by atoms with E-state index in [0.29, 0.717) is 30.3 Å². The zero-order valence-electron chi connectivity index (χ0n) is 15.3. The number of ether oxygens (including phenoxy) is 1. The van der Waals surface area contributed by atoms with Crippen LogP contribution < -0.4 is 10.6 Å². The van der Waals surface area contributed by atoms with Gasteiger partial charge < -0.3 is 25.5 Å². The first-order valence-electron chi connectivity index (χ1n) is 9.28. The normalized spacial score (nSPS) is 13.1. The van der Waals surface area contributed by atoms with Crippen LogP contribution in [0.15, 0.2) is 36.4 Å². The van der Waals surface area contributed by atoms with Crippen molar-refractivity contribution in [3.8, 4) is 11.3 Å². The Morgan fingerprint density at radius 3 is 2.93 bits per heavy atom. The maximum Gasteiger partial charge on any atom is 0.252 e. The van der Waals surface area contributed by atoms with E-state index in [2.05, 4.69) is 33.8 Å². The number of benzene rings is 2. The number of fused-ring (bicyclic) bond motifs is 2. The summed E-state index contributed by atoms with van der Waals surface area (Å²) in [6, 6.07) is 12.1. The Morgan fingerprint density at radius 1 is 1.18 bits per heavy atom. The minimum absolute atomic E-state index is 0.0466. The molecule has 28 heavy (non-hydrogen) atoms. The molecular formula is C21H22ClN3O3. The van der Waals surface area contributed by atoms with Crippen molar-refractivity contribution in [2.24, 2.45) is 0 Å². The van der Waals surface area contributed by atoms with Crippen molar-refractivity contribution in [2.45, 2.75) is 13.1 Å². The van der Waals surface area contributed by atoms with Crippen molar-refractivity contribution in [3.05, 3.63) is 58.1 Å². The number of amides is 1. The number of hydrogen-bond acceptors (Lipinski definition) is 4. The van der Waals surface area contributed by atoms with E-state index < -0.39 is 0 Å². The second kappa shape index (κ2) is 8.32. The van der Waals surface area contributed by atoms with Crippen LogP contribution in [0.4, 0.5) is 0 Å². The van der Waals surface area contributed by atoms with E-state index >= 15 is 0 Å². The van der Waals surface area contributed by atoms with E-state index in [0.717, 1.165) is 40.8 Å². The molecule has 1 aromatic heterocycles. The summed E-state index contributed by atoms with van der Waals surface area (Å²) in [5.41, 5.74) is 5.47. The molecule has 0 radical (unpaired) electrons. The van der Waals surface area contributed by atoms with Crippen molar-refractivity contribution in [1.29, 1.82) is 0 Å². The van der Waals surface area contributed by atoms with Gasteiger partial charge in [-0.25, -0.2) is 0 Å². The van der Waals surface area contributed by atoms with E-state index in [1.54, 1.807) is 0 Å². The van der Waals surface area contributed by atoms with Crippen LogP contribution in [0.3, 0.4) is 0 Å². The third-order valence-corrected chi connectivity index (χ3v) is 5.23. The smallest absolute Gasteiger partial charge is 0.252 e. The summed E-state index contributed by atoms with van der Waals surface area (Å²) in [5.74, 6) is -0.0838. The van der Waals surface area contributed by atoms with Gasteiger partial charge in [0.05, 0.1) is 25.4 Å². The van der Waals surface area contributed by atoms with Crippen molar-refractivity contribution in [2.75, 3.05) is 26.4 Å². The zero-order chi connectivity index (χ0) is 19.5. The summed E-state index contributed by atoms with van der Waals surface area (Å²) in [5, 5.41) is 16.6. The average molecular weight is 400 g/mol. The van der Waals surface area contributed by atoms with Crippen LogP contribution in [-0.4, -0.2) is 42.4 Å². The molecule has 1 aliphatic rings. The molecule has 1 amide bonds. The highest BCUT2D eigenvalue weighted by Gasteiger charge is 2.26. The molecule has 0 bridgehead atoms. The van der Waals surface area contributed by atoms with Gasteiger partial charge in [-0.15, -0.1) is 0 Å². The summed E-state index contributed by atoms with van der Waals surface area (Å²) >= 11 is 6.25. The number of aromatic amines is 1. The van der Waals surface area contributed by atoms with Gasteiger partial charge in [0.2, 0.25) is 0 Å². The van der Waals surface area contributed by atoms with Crippen LogP contribution in [0.25, 0.3) is 22.2 Å². The first-order chi connectivity index (χ1) is 13.7. The number of nitrogens with one attached hydrogen (secondary N) is 3. The predicted molar refractivity (Wildman–Crippen MR) is 110 cm³/mol. The number of H-pyrrole nitrogens is 1. The summed E-state index contributed by atoms with van der Waals surface area (Å²) in [7, 11) is 0. The van der Waals surface area contributed by atoms with Crippen molar-refractivity contribution >= 4 is 28.4 Å². The molecule has 4 N–H and O–H groups in total. The molecule has 0 aliphatic carbocycles. The Bertz CT molecular complexity index is 1020. The largest absolute Gasteiger partial charge is 0.394 e. The van der Waals surface area contributed by atoms with Crippen LogP contribution in [-0.2, 0) is 17.8 Å². The maximum absolute atomic E-state index is 12.3. The molecule has 7 heteroatoms. The summed E-state index contributed by atoms with van der Waals surface area (Å²) < 4.78 is 5.24. The topological polar surface area (TPSA) is 86.4 Å². The highest BCUT2D eigenvalue weighted by atomic mass is 35.5. The van der Waals surface area contributed by atoms with Gasteiger partial charge in [-0.1, -0.05) is 23.7 Å². The van der Waals surface area contributed by atoms with E-state index in [4.69, 9.17) is 21.4 Å². The van der Waals surface area contributed by atoms with Gasteiger partial charge in [0.25, 0.3) is 5.91 Å². The van der Waals surface area contributed by atoms with Gasteiger partial charge in [0, 0.05) is 52.4 Å². The molecule has 1 aliphatic heterocycles. The molecule has 0 unspecified atom stereocenters. The molecular weight excluding hydrogens is 378 g/mol. The van der Waals surface area contributed by atoms with Gasteiger partial charge >= 0.3 is 0 Å².